The number of hydrogen-bond donors (Lipinski definition) is 0. The quantitative estimate of drug-likeness (QED) is 0.582. The second kappa shape index (κ2) is 3.51. The number of nitrogens with zero attached hydrogens (tertiary/aromatic N) is 4. The van der Waals surface area contributed by atoms with Crippen molar-refractivity contribution in [2.24, 2.45) is 0 Å². The molecule has 0 aliphatic rings. The van der Waals surface area contributed by atoms with Gasteiger partial charge < -0.3 is 4.74 Å². The molecule has 1 aromatic carbocycles. The third kappa shape index (κ3) is 1.42. The van der Waals surface area contributed by atoms with Gasteiger partial charge in [-0.25, -0.2) is 4.79 Å². The monoisotopic (exact) mass is 228 g/mol. The fraction of sp³-hybridized carbons (Fsp3) is 0.0909. The predicted octanol–water partition coefficient (Wildman–Crippen LogP) is 1.06. The molecule has 0 N–H and O–H groups in total. The zero-order valence-electron chi connectivity index (χ0n) is 8.99. The predicted molar refractivity (Wildman–Crippen MR) is 59.6 cm³/mol. The molecule has 0 aliphatic carbocycles. The summed E-state index contributed by atoms with van der Waals surface area (Å²) in [5, 5.41) is 7.70. The molecule has 0 spiro atoms. The van der Waals surface area contributed by atoms with Crippen molar-refractivity contribution < 1.29 is 9.53 Å². The van der Waals surface area contributed by atoms with Gasteiger partial charge in [0.1, 0.15) is 6.33 Å². The zero-order valence-corrected chi connectivity index (χ0v) is 8.99. The lowest BCUT2D eigenvalue weighted by atomic mass is 10.2. The van der Waals surface area contributed by atoms with Crippen LogP contribution in [0.1, 0.15) is 10.4 Å². The van der Waals surface area contributed by atoms with Crippen LogP contribution < -0.4 is 0 Å². The number of benzene rings is 1. The van der Waals surface area contributed by atoms with Gasteiger partial charge in [0.2, 0.25) is 0 Å². The van der Waals surface area contributed by atoms with E-state index in [0.717, 1.165) is 11.0 Å². The van der Waals surface area contributed by atoms with Gasteiger partial charge in [-0.2, -0.15) is 0 Å². The average Bonchev–Trinajstić information content (AvgIpc) is 2.85. The third-order valence-electron chi connectivity index (χ3n) is 2.55. The molecular weight excluding hydrogens is 220 g/mol. The van der Waals surface area contributed by atoms with Crippen LogP contribution in [-0.4, -0.2) is 32.7 Å². The Hall–Kier alpha value is -2.50. The minimum absolute atomic E-state index is 0.378. The lowest BCUT2D eigenvalue weighted by molar-refractivity contribution is 0.0601. The summed E-state index contributed by atoms with van der Waals surface area (Å²) < 4.78 is 6.45. The number of aromatic nitrogens is 4. The Morgan fingerprint density at radius 3 is 3.12 bits per heavy atom. The molecule has 6 heteroatoms. The summed E-state index contributed by atoms with van der Waals surface area (Å²) in [6, 6.07) is 5.16. The fourth-order valence-corrected chi connectivity index (χ4v) is 1.72. The molecule has 0 saturated heterocycles. The molecule has 0 amide bonds. The van der Waals surface area contributed by atoms with E-state index in [1.165, 1.54) is 7.11 Å². The van der Waals surface area contributed by atoms with Crippen molar-refractivity contribution in [3.63, 3.8) is 0 Å². The van der Waals surface area contributed by atoms with E-state index in [4.69, 9.17) is 0 Å². The van der Waals surface area contributed by atoms with Crippen LogP contribution in [0.15, 0.2) is 30.7 Å². The summed E-state index contributed by atoms with van der Waals surface area (Å²) >= 11 is 0. The molecule has 0 aliphatic heterocycles. The molecule has 84 valence electrons. The summed E-state index contributed by atoms with van der Waals surface area (Å²) in [5.41, 5.74) is 2.66. The summed E-state index contributed by atoms with van der Waals surface area (Å²) in [7, 11) is 1.35. The fourth-order valence-electron chi connectivity index (χ4n) is 1.72. The normalized spacial score (nSPS) is 10.9. The number of carbonyl (C=O) groups is 1. The first-order valence-corrected chi connectivity index (χ1v) is 4.96. The Morgan fingerprint density at radius 2 is 2.29 bits per heavy atom. The first-order chi connectivity index (χ1) is 8.29. The van der Waals surface area contributed by atoms with E-state index >= 15 is 0 Å². The van der Waals surface area contributed by atoms with Crippen molar-refractivity contribution in [1.29, 1.82) is 0 Å². The van der Waals surface area contributed by atoms with E-state index in [0.29, 0.717) is 11.2 Å². The highest BCUT2D eigenvalue weighted by molar-refractivity contribution is 5.93. The molecule has 3 rings (SSSR count). The van der Waals surface area contributed by atoms with Gasteiger partial charge in [0.15, 0.2) is 5.65 Å². The van der Waals surface area contributed by atoms with E-state index in [1.807, 2.05) is 0 Å². The lowest BCUT2D eigenvalue weighted by Crippen LogP contribution is -2.01. The molecule has 3 aromatic rings. The molecule has 6 nitrogen and oxygen atoms in total. The van der Waals surface area contributed by atoms with Crippen LogP contribution in [0.5, 0.6) is 0 Å². The van der Waals surface area contributed by atoms with E-state index in [1.54, 1.807) is 35.1 Å². The summed E-state index contributed by atoms with van der Waals surface area (Å²) in [5.74, 6) is -0.378. The number of ether oxygens (including phenoxy) is 1. The van der Waals surface area contributed by atoms with Crippen molar-refractivity contribution in [2.75, 3.05) is 7.11 Å². The van der Waals surface area contributed by atoms with Crippen LogP contribution in [0, 0.1) is 0 Å². The zero-order chi connectivity index (χ0) is 11.8. The van der Waals surface area contributed by atoms with Crippen molar-refractivity contribution in [2.45, 2.75) is 0 Å². The molecule has 2 heterocycles. The molecule has 0 bridgehead atoms. The number of fused-ring (bicyclic) bond motifs is 3. The van der Waals surface area contributed by atoms with Crippen LogP contribution >= 0.6 is 0 Å². The average molecular weight is 228 g/mol. The molecular formula is C11H8N4O2. The lowest BCUT2D eigenvalue weighted by Gasteiger charge is -2.03. The maximum atomic E-state index is 11.4. The van der Waals surface area contributed by atoms with Crippen molar-refractivity contribution in [3.05, 3.63) is 36.3 Å². The number of rotatable bonds is 1. The first kappa shape index (κ1) is 9.71. The highest BCUT2D eigenvalue weighted by Gasteiger charge is 2.08. The summed E-state index contributed by atoms with van der Waals surface area (Å²) in [6.07, 6.45) is 3.22. The molecule has 0 fully saturated rings. The first-order valence-electron chi connectivity index (χ1n) is 4.96. The van der Waals surface area contributed by atoms with Gasteiger partial charge >= 0.3 is 5.97 Å². The second-order valence-corrected chi connectivity index (χ2v) is 3.51. The van der Waals surface area contributed by atoms with Crippen LogP contribution in [0.3, 0.4) is 0 Å². The number of carbonyl (C=O) groups excluding carboxylic acids is 1. The Kier molecular flexibility index (Phi) is 2.01. The summed E-state index contributed by atoms with van der Waals surface area (Å²) in [4.78, 5) is 15.7. The van der Waals surface area contributed by atoms with Crippen molar-refractivity contribution in [3.8, 4) is 0 Å². The van der Waals surface area contributed by atoms with Gasteiger partial charge in [0.05, 0.1) is 29.9 Å². The Labute approximate surface area is 95.9 Å². The second-order valence-electron chi connectivity index (χ2n) is 3.51. The van der Waals surface area contributed by atoms with E-state index in [2.05, 4.69) is 19.9 Å². The number of hydrogen-bond acceptors (Lipinski definition) is 5. The van der Waals surface area contributed by atoms with Crippen LogP contribution in [0.2, 0.25) is 0 Å². The van der Waals surface area contributed by atoms with Gasteiger partial charge in [-0.15, -0.1) is 10.2 Å². The van der Waals surface area contributed by atoms with Crippen LogP contribution in [0.4, 0.5) is 0 Å². The van der Waals surface area contributed by atoms with E-state index in [9.17, 15) is 4.79 Å². The topological polar surface area (TPSA) is 69.4 Å². The van der Waals surface area contributed by atoms with E-state index in [-0.39, 0.29) is 5.97 Å². The Balaban J connectivity index is 2.35. The largest absolute Gasteiger partial charge is 0.465 e. The summed E-state index contributed by atoms with van der Waals surface area (Å²) in [6.45, 7) is 0. The van der Waals surface area contributed by atoms with Gasteiger partial charge in [0.25, 0.3) is 0 Å². The highest BCUT2D eigenvalue weighted by Crippen LogP contribution is 2.15. The minimum atomic E-state index is -0.378. The van der Waals surface area contributed by atoms with Gasteiger partial charge in [-0.05, 0) is 18.2 Å². The Morgan fingerprint density at radius 1 is 1.41 bits per heavy atom. The minimum Gasteiger partial charge on any atom is -0.465 e. The molecule has 2 aromatic heterocycles. The molecule has 0 saturated carbocycles. The number of esters is 1. The van der Waals surface area contributed by atoms with Gasteiger partial charge in [-0.3, -0.25) is 9.38 Å². The Bertz CT molecular complexity index is 720. The SMILES string of the molecule is COC(=O)c1ccc2ncc3nncn3c2c1. The standard InChI is InChI=1S/C11H8N4O2/c1-17-11(16)7-2-3-8-9(4-7)15-6-13-14-10(15)5-12-8/h2-6H,1H3. The van der Waals surface area contributed by atoms with Crippen molar-refractivity contribution >= 4 is 22.6 Å². The molecule has 0 unspecified atom stereocenters. The maximum absolute atomic E-state index is 11.4. The maximum Gasteiger partial charge on any atom is 0.337 e. The van der Waals surface area contributed by atoms with E-state index < -0.39 is 0 Å². The number of methoxy groups -OCH3 is 1. The highest BCUT2D eigenvalue weighted by atomic mass is 16.5. The van der Waals surface area contributed by atoms with Gasteiger partial charge in [-0.1, -0.05) is 0 Å². The van der Waals surface area contributed by atoms with Crippen LogP contribution in [-0.2, 0) is 4.74 Å². The third-order valence-corrected chi connectivity index (χ3v) is 2.55. The van der Waals surface area contributed by atoms with Crippen molar-refractivity contribution in [1.82, 2.24) is 19.6 Å². The molecule has 0 atom stereocenters. The van der Waals surface area contributed by atoms with Gasteiger partial charge in [0, 0.05) is 0 Å². The van der Waals surface area contributed by atoms with Crippen LogP contribution in [0.25, 0.3) is 16.7 Å². The smallest absolute Gasteiger partial charge is 0.337 e. The molecule has 0 radical (unpaired) electrons. The molecule has 17 heavy (non-hydrogen) atoms.